The lowest BCUT2D eigenvalue weighted by Gasteiger charge is -2.21. The van der Waals surface area contributed by atoms with Gasteiger partial charge in [-0.25, -0.2) is 4.79 Å². The number of carboxylic acid groups (broad SMARTS) is 1. The minimum Gasteiger partial charge on any atom is -0.508 e. The van der Waals surface area contributed by atoms with Crippen LogP contribution in [0.4, 0.5) is 0 Å². The molecule has 4 atom stereocenters. The van der Waals surface area contributed by atoms with Gasteiger partial charge in [-0.2, -0.15) is 0 Å². The van der Waals surface area contributed by atoms with E-state index < -0.39 is 66.9 Å². The Hall–Kier alpha value is -4.49. The van der Waals surface area contributed by atoms with E-state index in [1.165, 1.54) is 19.1 Å². The predicted octanol–water partition coefficient (Wildman–Crippen LogP) is -1.83. The Kier molecular flexibility index (Phi) is 11.9. The maximum absolute atomic E-state index is 12.7. The lowest BCUT2D eigenvalue weighted by Crippen LogP contribution is -2.55. The van der Waals surface area contributed by atoms with Crippen LogP contribution >= 0.6 is 0 Å². The first-order valence-corrected chi connectivity index (χ1v) is 12.1. The summed E-state index contributed by atoms with van der Waals surface area (Å²) in [5.74, 6) is -4.20. The first-order chi connectivity index (χ1) is 18.5. The third-order valence-corrected chi connectivity index (χ3v) is 5.64. The molecule has 2 aromatic rings. The smallest absolute Gasteiger partial charge is 0.328 e. The van der Waals surface area contributed by atoms with Crippen LogP contribution < -0.4 is 27.0 Å². The van der Waals surface area contributed by atoms with Crippen LogP contribution in [-0.2, 0) is 36.8 Å². The molecule has 0 unspecified atom stereocenters. The summed E-state index contributed by atoms with van der Waals surface area (Å²) in [7, 11) is 0. The van der Waals surface area contributed by atoms with Crippen LogP contribution in [0.5, 0.6) is 5.75 Å². The number of nitrogens with two attached hydrogens (primary N) is 1. The van der Waals surface area contributed by atoms with Crippen molar-refractivity contribution in [1.82, 2.24) is 21.3 Å². The fraction of sp³-hybridized carbons (Fsp3) is 0.346. The highest BCUT2D eigenvalue weighted by Gasteiger charge is 2.27. The van der Waals surface area contributed by atoms with E-state index in [0.29, 0.717) is 11.1 Å². The number of nitrogens with one attached hydrogen (secondary N) is 4. The monoisotopic (exact) mass is 543 g/mol. The molecule has 0 aliphatic carbocycles. The zero-order chi connectivity index (χ0) is 28.9. The van der Waals surface area contributed by atoms with Gasteiger partial charge in [-0.3, -0.25) is 19.2 Å². The number of phenolic OH excluding ortho intramolecular Hbond substituents is 1. The number of aromatic hydroxyl groups is 1. The molecule has 0 bridgehead atoms. The lowest BCUT2D eigenvalue weighted by molar-refractivity contribution is -0.143. The first kappa shape index (κ1) is 30.7. The SMILES string of the molecule is C[C@@H](NC(=O)[C@@H](N)Cc1ccc(O)cc1)C(=O)NCC(=O)N[C@@H](Cc1ccccc1)C(=O)N[C@@H](CO)C(=O)O. The number of aliphatic carboxylic acids is 1. The summed E-state index contributed by atoms with van der Waals surface area (Å²) in [6, 6.07) is 10.1. The Balaban J connectivity index is 1.91. The maximum Gasteiger partial charge on any atom is 0.328 e. The number of hydrogen-bond donors (Lipinski definition) is 8. The van der Waals surface area contributed by atoms with Gasteiger partial charge in [-0.05, 0) is 36.6 Å². The van der Waals surface area contributed by atoms with Gasteiger partial charge in [-0.15, -0.1) is 0 Å². The highest BCUT2D eigenvalue weighted by molar-refractivity contribution is 5.94. The van der Waals surface area contributed by atoms with E-state index in [2.05, 4.69) is 21.3 Å². The van der Waals surface area contributed by atoms with Crippen molar-refractivity contribution in [3.05, 3.63) is 65.7 Å². The van der Waals surface area contributed by atoms with Crippen molar-refractivity contribution in [3.8, 4) is 5.75 Å². The number of amides is 4. The van der Waals surface area contributed by atoms with Crippen molar-refractivity contribution in [2.75, 3.05) is 13.2 Å². The largest absolute Gasteiger partial charge is 0.508 e. The second-order valence-corrected chi connectivity index (χ2v) is 8.82. The topological polar surface area (TPSA) is 220 Å². The molecule has 2 aromatic carbocycles. The van der Waals surface area contributed by atoms with Crippen molar-refractivity contribution in [2.45, 2.75) is 43.9 Å². The first-order valence-electron chi connectivity index (χ1n) is 12.1. The molecule has 0 aromatic heterocycles. The minimum atomic E-state index is -1.56. The fourth-order valence-corrected chi connectivity index (χ4v) is 3.45. The van der Waals surface area contributed by atoms with Crippen molar-refractivity contribution in [1.29, 1.82) is 0 Å². The normalized spacial score (nSPS) is 13.7. The Labute approximate surface area is 224 Å². The van der Waals surface area contributed by atoms with Crippen LogP contribution in [0.3, 0.4) is 0 Å². The van der Waals surface area contributed by atoms with E-state index >= 15 is 0 Å². The van der Waals surface area contributed by atoms with E-state index in [9.17, 15) is 34.2 Å². The molecule has 0 fully saturated rings. The Bertz CT molecular complexity index is 1140. The number of aliphatic hydroxyl groups is 1. The minimum absolute atomic E-state index is 0.0233. The molecular weight excluding hydrogens is 510 g/mol. The zero-order valence-electron chi connectivity index (χ0n) is 21.3. The summed E-state index contributed by atoms with van der Waals surface area (Å²) in [5, 5.41) is 37.1. The molecule has 13 heteroatoms. The van der Waals surface area contributed by atoms with E-state index in [1.807, 2.05) is 0 Å². The van der Waals surface area contributed by atoms with Crippen molar-refractivity contribution >= 4 is 29.6 Å². The third kappa shape index (κ3) is 10.4. The van der Waals surface area contributed by atoms with Gasteiger partial charge in [-0.1, -0.05) is 42.5 Å². The Morgan fingerprint density at radius 3 is 2.00 bits per heavy atom. The molecular formula is C26H33N5O8. The fourth-order valence-electron chi connectivity index (χ4n) is 3.45. The van der Waals surface area contributed by atoms with Gasteiger partial charge in [0.25, 0.3) is 0 Å². The third-order valence-electron chi connectivity index (χ3n) is 5.64. The molecule has 0 saturated carbocycles. The van der Waals surface area contributed by atoms with Crippen LogP contribution in [0.1, 0.15) is 18.1 Å². The molecule has 2 rings (SSSR count). The molecule has 4 amide bonds. The van der Waals surface area contributed by atoms with Gasteiger partial charge < -0.3 is 42.3 Å². The van der Waals surface area contributed by atoms with Crippen LogP contribution in [-0.4, -0.2) is 82.2 Å². The summed E-state index contributed by atoms with van der Waals surface area (Å²) in [5.41, 5.74) is 7.30. The van der Waals surface area contributed by atoms with Gasteiger partial charge in [0.15, 0.2) is 0 Å². The number of rotatable bonds is 14. The Morgan fingerprint density at radius 2 is 1.41 bits per heavy atom. The van der Waals surface area contributed by atoms with Gasteiger partial charge in [0.1, 0.15) is 23.9 Å². The van der Waals surface area contributed by atoms with Crippen LogP contribution in [0, 0.1) is 0 Å². The second kappa shape index (κ2) is 15.1. The average molecular weight is 544 g/mol. The van der Waals surface area contributed by atoms with Gasteiger partial charge in [0.2, 0.25) is 23.6 Å². The molecule has 39 heavy (non-hydrogen) atoms. The molecule has 0 spiro atoms. The summed E-state index contributed by atoms with van der Waals surface area (Å²) in [6.07, 6.45) is 0.197. The summed E-state index contributed by atoms with van der Waals surface area (Å²) < 4.78 is 0. The van der Waals surface area contributed by atoms with Gasteiger partial charge in [0.05, 0.1) is 19.2 Å². The number of carbonyl (C=O) groups is 5. The van der Waals surface area contributed by atoms with Crippen LogP contribution in [0.15, 0.2) is 54.6 Å². The molecule has 13 nitrogen and oxygen atoms in total. The van der Waals surface area contributed by atoms with Crippen LogP contribution in [0.25, 0.3) is 0 Å². The maximum atomic E-state index is 12.7. The standard InChI is InChI=1S/C26H33N5O8/c1-15(29-24(36)19(27)11-17-7-9-18(33)10-8-17)23(35)28-13-22(34)30-20(12-16-5-3-2-4-6-16)25(37)31-21(14-32)26(38)39/h2-10,15,19-21,32-33H,11-14,27H2,1H3,(H,28,35)(H,29,36)(H,30,34)(H,31,37)(H,38,39)/t15-,19+,20+,21+/m1/s1. The Morgan fingerprint density at radius 1 is 0.795 bits per heavy atom. The predicted molar refractivity (Wildman–Crippen MR) is 139 cm³/mol. The zero-order valence-corrected chi connectivity index (χ0v) is 21.3. The molecule has 0 aliphatic rings. The number of hydrogen-bond acceptors (Lipinski definition) is 8. The number of benzene rings is 2. The quantitative estimate of drug-likeness (QED) is 0.134. The summed E-state index contributed by atoms with van der Waals surface area (Å²) in [6.45, 7) is 0.0376. The number of carboxylic acids is 1. The summed E-state index contributed by atoms with van der Waals surface area (Å²) in [4.78, 5) is 61.2. The lowest BCUT2D eigenvalue weighted by atomic mass is 10.0. The molecule has 0 radical (unpaired) electrons. The van der Waals surface area contributed by atoms with Crippen molar-refractivity contribution in [3.63, 3.8) is 0 Å². The number of phenols is 1. The number of aliphatic hydroxyl groups excluding tert-OH is 1. The summed E-state index contributed by atoms with van der Waals surface area (Å²) >= 11 is 0. The molecule has 9 N–H and O–H groups in total. The van der Waals surface area contributed by atoms with E-state index in [4.69, 9.17) is 10.8 Å². The molecule has 0 heterocycles. The van der Waals surface area contributed by atoms with Crippen molar-refractivity contribution in [2.24, 2.45) is 5.73 Å². The molecule has 0 aliphatic heterocycles. The average Bonchev–Trinajstić information content (AvgIpc) is 2.91. The van der Waals surface area contributed by atoms with Crippen LogP contribution in [0.2, 0.25) is 0 Å². The van der Waals surface area contributed by atoms with E-state index in [-0.39, 0.29) is 18.6 Å². The van der Waals surface area contributed by atoms with Gasteiger partial charge in [0, 0.05) is 6.42 Å². The van der Waals surface area contributed by atoms with Gasteiger partial charge >= 0.3 is 5.97 Å². The highest BCUT2D eigenvalue weighted by Crippen LogP contribution is 2.11. The van der Waals surface area contributed by atoms with Crippen molar-refractivity contribution < 1.29 is 39.3 Å². The van der Waals surface area contributed by atoms with E-state index in [0.717, 1.165) is 0 Å². The second-order valence-electron chi connectivity index (χ2n) is 8.82. The highest BCUT2D eigenvalue weighted by atomic mass is 16.4. The number of carbonyl (C=O) groups excluding carboxylic acids is 4. The molecule has 0 saturated heterocycles. The van der Waals surface area contributed by atoms with E-state index in [1.54, 1.807) is 42.5 Å². The molecule has 210 valence electrons.